The summed E-state index contributed by atoms with van der Waals surface area (Å²) in [7, 11) is 0. The Morgan fingerprint density at radius 3 is 2.58 bits per heavy atom. The number of amides is 1. The second-order valence-corrected chi connectivity index (χ2v) is 7.00. The fourth-order valence-corrected chi connectivity index (χ4v) is 4.21. The van der Waals surface area contributed by atoms with Crippen LogP contribution in [0.2, 0.25) is 0 Å². The molecule has 4 nitrogen and oxygen atoms in total. The van der Waals surface area contributed by atoms with E-state index in [1.165, 1.54) is 25.7 Å². The van der Waals surface area contributed by atoms with Crippen LogP contribution in [0.25, 0.3) is 0 Å². The summed E-state index contributed by atoms with van der Waals surface area (Å²) in [6.07, 6.45) is 6.44. The Labute approximate surface area is 144 Å². The molecule has 1 N–H and O–H groups in total. The van der Waals surface area contributed by atoms with Crippen molar-refractivity contribution in [2.24, 2.45) is 11.8 Å². The Morgan fingerprint density at radius 2 is 1.92 bits per heavy atom. The molecule has 0 aliphatic heterocycles. The second-order valence-electron chi connectivity index (χ2n) is 7.00. The van der Waals surface area contributed by atoms with Gasteiger partial charge in [-0.15, -0.1) is 0 Å². The molecule has 132 valence electrons. The minimum absolute atomic E-state index is 0.180. The number of carbonyl (C=O) groups is 1. The Morgan fingerprint density at radius 1 is 1.12 bits per heavy atom. The van der Waals surface area contributed by atoms with E-state index in [0.29, 0.717) is 25.7 Å². The monoisotopic (exact) mass is 331 g/mol. The van der Waals surface area contributed by atoms with Crippen LogP contribution in [0, 0.1) is 11.8 Å². The van der Waals surface area contributed by atoms with Crippen molar-refractivity contribution in [2.75, 3.05) is 13.2 Å². The Kier molecular flexibility index (Phi) is 5.64. The maximum Gasteiger partial charge on any atom is 0.220 e. The predicted molar refractivity (Wildman–Crippen MR) is 94.5 cm³/mol. The third-order valence-corrected chi connectivity index (χ3v) is 5.33. The fraction of sp³-hybridized carbons (Fsp3) is 0.650. The van der Waals surface area contributed by atoms with Gasteiger partial charge in [0.15, 0.2) is 11.5 Å². The van der Waals surface area contributed by atoms with Crippen molar-refractivity contribution < 1.29 is 14.3 Å². The molecule has 0 unspecified atom stereocenters. The average Bonchev–Trinajstić information content (AvgIpc) is 3.18. The minimum Gasteiger partial charge on any atom is -0.490 e. The lowest BCUT2D eigenvalue weighted by atomic mass is 9.95. The summed E-state index contributed by atoms with van der Waals surface area (Å²) in [4.78, 5) is 12.3. The number of hydrogen-bond donors (Lipinski definition) is 1. The zero-order valence-corrected chi connectivity index (χ0v) is 14.8. The molecule has 1 amide bonds. The molecule has 2 aliphatic rings. The Bertz CT molecular complexity index is 572. The van der Waals surface area contributed by atoms with Crippen LogP contribution in [0.3, 0.4) is 0 Å². The molecule has 0 aromatic heterocycles. The molecule has 0 spiro atoms. The lowest BCUT2D eigenvalue weighted by Crippen LogP contribution is -2.38. The highest BCUT2D eigenvalue weighted by molar-refractivity contribution is 5.76. The van der Waals surface area contributed by atoms with E-state index in [4.69, 9.17) is 9.47 Å². The summed E-state index contributed by atoms with van der Waals surface area (Å²) in [5, 5.41) is 3.26. The first-order valence-corrected chi connectivity index (χ1v) is 9.37. The highest BCUT2D eigenvalue weighted by Gasteiger charge is 2.39. The molecule has 0 saturated heterocycles. The molecule has 2 saturated carbocycles. The predicted octanol–water partition coefficient (Wildman–Crippen LogP) is 3.72. The molecule has 0 heterocycles. The van der Waals surface area contributed by atoms with Crippen LogP contribution >= 0.6 is 0 Å². The normalized spacial score (nSPS) is 24.8. The molecule has 3 atom stereocenters. The van der Waals surface area contributed by atoms with E-state index >= 15 is 0 Å². The van der Waals surface area contributed by atoms with Crippen LogP contribution in [0.4, 0.5) is 0 Å². The van der Waals surface area contributed by atoms with E-state index in [1.807, 2.05) is 32.0 Å². The van der Waals surface area contributed by atoms with Crippen molar-refractivity contribution in [3.8, 4) is 11.5 Å². The average molecular weight is 331 g/mol. The summed E-state index contributed by atoms with van der Waals surface area (Å²) in [6.45, 7) is 5.15. The number of ether oxygens (including phenoxy) is 2. The van der Waals surface area contributed by atoms with Gasteiger partial charge in [-0.1, -0.05) is 12.5 Å². The van der Waals surface area contributed by atoms with Crippen molar-refractivity contribution in [1.82, 2.24) is 5.32 Å². The first-order chi connectivity index (χ1) is 11.7. The van der Waals surface area contributed by atoms with Gasteiger partial charge < -0.3 is 14.8 Å². The minimum atomic E-state index is 0.180. The van der Waals surface area contributed by atoms with Gasteiger partial charge in [0.1, 0.15) is 0 Å². The van der Waals surface area contributed by atoms with Crippen molar-refractivity contribution in [3.05, 3.63) is 23.8 Å². The van der Waals surface area contributed by atoms with Crippen molar-refractivity contribution in [2.45, 2.75) is 58.4 Å². The van der Waals surface area contributed by atoms with Crippen molar-refractivity contribution >= 4 is 5.91 Å². The molecule has 0 radical (unpaired) electrons. The number of hydrogen-bond acceptors (Lipinski definition) is 3. The molecule has 3 rings (SSSR count). The van der Waals surface area contributed by atoms with Crippen molar-refractivity contribution in [1.29, 1.82) is 0 Å². The van der Waals surface area contributed by atoms with Gasteiger partial charge in [-0.2, -0.15) is 0 Å². The number of aryl methyl sites for hydroxylation is 1. The lowest BCUT2D eigenvalue weighted by molar-refractivity contribution is -0.122. The smallest absolute Gasteiger partial charge is 0.220 e. The van der Waals surface area contributed by atoms with E-state index in [9.17, 15) is 4.79 Å². The number of nitrogens with one attached hydrogen (secondary N) is 1. The maximum atomic E-state index is 12.3. The molecule has 24 heavy (non-hydrogen) atoms. The van der Waals surface area contributed by atoms with Crippen LogP contribution in [0.15, 0.2) is 18.2 Å². The van der Waals surface area contributed by atoms with Crippen LogP contribution in [0.1, 0.15) is 51.5 Å². The molecular formula is C20H29NO3. The number of benzene rings is 1. The first kappa shape index (κ1) is 17.1. The molecule has 2 aliphatic carbocycles. The van der Waals surface area contributed by atoms with E-state index in [2.05, 4.69) is 5.32 Å². The quantitative estimate of drug-likeness (QED) is 0.790. The molecule has 2 bridgehead atoms. The standard InChI is InChI=1S/C20H29NO3/c1-3-23-18-9-6-14(13-19(18)24-4-2)7-10-20(22)21-17-12-15-5-8-16(17)11-15/h6,9,13,15-17H,3-5,7-8,10-12H2,1-2H3,(H,21,22)/t15-,16+,17-/m0/s1. The van der Waals surface area contributed by atoms with Crippen molar-refractivity contribution in [3.63, 3.8) is 0 Å². The lowest BCUT2D eigenvalue weighted by Gasteiger charge is -2.22. The number of fused-ring (bicyclic) bond motifs is 2. The summed E-state index contributed by atoms with van der Waals surface area (Å²) in [5.41, 5.74) is 1.12. The highest BCUT2D eigenvalue weighted by Crippen LogP contribution is 2.44. The van der Waals surface area contributed by atoms with Gasteiger partial charge in [0.25, 0.3) is 0 Å². The zero-order chi connectivity index (χ0) is 16.9. The Hall–Kier alpha value is -1.71. The molecule has 1 aromatic carbocycles. The molecular weight excluding hydrogens is 302 g/mol. The summed E-state index contributed by atoms with van der Waals surface area (Å²) < 4.78 is 11.2. The van der Waals surface area contributed by atoms with Gasteiger partial charge in [-0.3, -0.25) is 4.79 Å². The largest absolute Gasteiger partial charge is 0.490 e. The van der Waals surface area contributed by atoms with E-state index in [-0.39, 0.29) is 5.91 Å². The van der Waals surface area contributed by atoms with Gasteiger partial charge in [-0.25, -0.2) is 0 Å². The number of rotatable bonds is 8. The summed E-state index contributed by atoms with van der Waals surface area (Å²) in [6, 6.07) is 6.39. The van der Waals surface area contributed by atoms with Gasteiger partial charge in [-0.05, 0) is 69.1 Å². The van der Waals surface area contributed by atoms with Crippen LogP contribution in [0.5, 0.6) is 11.5 Å². The number of carbonyl (C=O) groups excluding carboxylic acids is 1. The topological polar surface area (TPSA) is 47.6 Å². The SMILES string of the molecule is CCOc1ccc(CCC(=O)N[C@H]2C[C@H]3CC[C@@H]2C3)cc1OCC. The second kappa shape index (κ2) is 7.91. The van der Waals surface area contributed by atoms with Crippen LogP contribution in [-0.4, -0.2) is 25.2 Å². The maximum absolute atomic E-state index is 12.3. The van der Waals surface area contributed by atoms with E-state index < -0.39 is 0 Å². The summed E-state index contributed by atoms with van der Waals surface area (Å²) in [5.74, 6) is 3.31. The molecule has 1 aromatic rings. The van der Waals surface area contributed by atoms with Crippen LogP contribution < -0.4 is 14.8 Å². The van der Waals surface area contributed by atoms with E-state index in [0.717, 1.165) is 35.3 Å². The first-order valence-electron chi connectivity index (χ1n) is 9.37. The van der Waals surface area contributed by atoms with Gasteiger partial charge in [0.05, 0.1) is 13.2 Å². The molecule has 2 fully saturated rings. The van der Waals surface area contributed by atoms with Gasteiger partial charge in [0.2, 0.25) is 5.91 Å². The highest BCUT2D eigenvalue weighted by atomic mass is 16.5. The van der Waals surface area contributed by atoms with Gasteiger partial charge in [0, 0.05) is 12.5 Å². The third-order valence-electron chi connectivity index (χ3n) is 5.33. The van der Waals surface area contributed by atoms with Gasteiger partial charge >= 0.3 is 0 Å². The summed E-state index contributed by atoms with van der Waals surface area (Å²) >= 11 is 0. The zero-order valence-electron chi connectivity index (χ0n) is 14.8. The Balaban J connectivity index is 1.52. The third kappa shape index (κ3) is 4.03. The van der Waals surface area contributed by atoms with Crippen LogP contribution in [-0.2, 0) is 11.2 Å². The van der Waals surface area contributed by atoms with E-state index in [1.54, 1.807) is 0 Å². The molecule has 4 heteroatoms. The fourth-order valence-electron chi connectivity index (χ4n) is 4.21.